The maximum Gasteiger partial charge on any atom is 0.166 e. The smallest absolute Gasteiger partial charge is 0.166 e. The molecule has 0 amide bonds. The van der Waals surface area contributed by atoms with Gasteiger partial charge in [-0.3, -0.25) is 4.57 Å². The van der Waals surface area contributed by atoms with Gasteiger partial charge in [0.05, 0.1) is 11.4 Å². The second kappa shape index (κ2) is 6.20. The summed E-state index contributed by atoms with van der Waals surface area (Å²) >= 11 is 5.80. The van der Waals surface area contributed by atoms with E-state index in [0.29, 0.717) is 12.4 Å². The van der Waals surface area contributed by atoms with Gasteiger partial charge in [0.25, 0.3) is 0 Å². The fraction of sp³-hybridized carbons (Fsp3) is 0.333. The molecular formula is C18H21ClN4. The van der Waals surface area contributed by atoms with E-state index in [1.54, 1.807) is 0 Å². The van der Waals surface area contributed by atoms with Crippen LogP contribution in [0.1, 0.15) is 22.4 Å². The molecule has 3 aromatic rings. The predicted molar refractivity (Wildman–Crippen MR) is 97.0 cm³/mol. The van der Waals surface area contributed by atoms with E-state index in [2.05, 4.69) is 47.8 Å². The summed E-state index contributed by atoms with van der Waals surface area (Å²) < 4.78 is 2.08. The Kier molecular flexibility index (Phi) is 4.26. The van der Waals surface area contributed by atoms with Gasteiger partial charge in [-0.2, -0.15) is 0 Å². The molecule has 23 heavy (non-hydrogen) atoms. The highest BCUT2D eigenvalue weighted by molar-refractivity contribution is 6.18. The number of imidazole rings is 1. The van der Waals surface area contributed by atoms with Crippen LogP contribution in [0.25, 0.3) is 16.9 Å². The van der Waals surface area contributed by atoms with Crippen molar-refractivity contribution in [2.45, 2.75) is 27.7 Å². The number of anilines is 1. The number of aromatic nitrogens is 3. The molecule has 2 heterocycles. The van der Waals surface area contributed by atoms with Gasteiger partial charge in [-0.1, -0.05) is 17.7 Å². The Labute approximate surface area is 141 Å². The Balaban J connectivity index is 2.22. The molecule has 0 saturated carbocycles. The third-order valence-corrected chi connectivity index (χ3v) is 4.11. The topological polar surface area (TPSA) is 42.7 Å². The number of benzene rings is 1. The van der Waals surface area contributed by atoms with Gasteiger partial charge in [0.1, 0.15) is 11.8 Å². The minimum Gasteiger partial charge on any atom is -0.382 e. The van der Waals surface area contributed by atoms with Crippen molar-refractivity contribution in [3.8, 4) is 5.69 Å². The van der Waals surface area contributed by atoms with Gasteiger partial charge < -0.3 is 5.32 Å². The lowest BCUT2D eigenvalue weighted by atomic mass is 10.1. The molecule has 4 nitrogen and oxygen atoms in total. The number of aryl methyl sites for hydroxylation is 4. The minimum atomic E-state index is 0.555. The summed E-state index contributed by atoms with van der Waals surface area (Å²) in [7, 11) is 0. The first kappa shape index (κ1) is 15.8. The van der Waals surface area contributed by atoms with Crippen LogP contribution in [0.5, 0.6) is 0 Å². The van der Waals surface area contributed by atoms with Gasteiger partial charge in [-0.25, -0.2) is 9.97 Å². The highest BCUT2D eigenvalue weighted by Gasteiger charge is 2.14. The zero-order valence-corrected chi connectivity index (χ0v) is 14.7. The summed E-state index contributed by atoms with van der Waals surface area (Å²) in [6, 6.07) is 6.40. The van der Waals surface area contributed by atoms with E-state index in [-0.39, 0.29) is 0 Å². The molecule has 0 radical (unpaired) electrons. The summed E-state index contributed by atoms with van der Waals surface area (Å²) in [5, 5.41) is 3.33. The third kappa shape index (κ3) is 2.91. The van der Waals surface area contributed by atoms with E-state index in [0.717, 1.165) is 28.2 Å². The second-order valence-electron chi connectivity index (χ2n) is 5.96. The standard InChI is InChI=1S/C18H21ClN4/c1-11-7-12(2)17(13(3)8-11)23-10-21-16-15(20-6-5-19)9-14(4)22-18(16)23/h7-10H,5-6H2,1-4H3,(H,20,22). The summed E-state index contributed by atoms with van der Waals surface area (Å²) in [6.07, 6.45) is 1.85. The highest BCUT2D eigenvalue weighted by Crippen LogP contribution is 2.28. The Hall–Kier alpha value is -2.07. The maximum absolute atomic E-state index is 5.80. The van der Waals surface area contributed by atoms with Crippen LogP contribution in [0.15, 0.2) is 24.5 Å². The van der Waals surface area contributed by atoms with Crippen molar-refractivity contribution in [1.82, 2.24) is 14.5 Å². The Morgan fingerprint density at radius 2 is 1.78 bits per heavy atom. The van der Waals surface area contributed by atoms with Crippen LogP contribution in [0.4, 0.5) is 5.69 Å². The van der Waals surface area contributed by atoms with Crippen molar-refractivity contribution < 1.29 is 0 Å². The number of fused-ring (bicyclic) bond motifs is 1. The molecule has 0 saturated heterocycles. The van der Waals surface area contributed by atoms with Crippen molar-refractivity contribution >= 4 is 28.5 Å². The Morgan fingerprint density at radius 3 is 2.43 bits per heavy atom. The van der Waals surface area contributed by atoms with E-state index >= 15 is 0 Å². The Bertz CT molecular complexity index is 844. The van der Waals surface area contributed by atoms with Crippen LogP contribution in [0.3, 0.4) is 0 Å². The average molecular weight is 329 g/mol. The molecular weight excluding hydrogens is 308 g/mol. The van der Waals surface area contributed by atoms with E-state index < -0.39 is 0 Å². The van der Waals surface area contributed by atoms with Crippen molar-refractivity contribution in [2.24, 2.45) is 0 Å². The van der Waals surface area contributed by atoms with Crippen molar-refractivity contribution in [3.63, 3.8) is 0 Å². The number of hydrogen-bond donors (Lipinski definition) is 1. The normalized spacial score (nSPS) is 11.2. The number of rotatable bonds is 4. The van der Waals surface area contributed by atoms with Crippen molar-refractivity contribution in [1.29, 1.82) is 0 Å². The fourth-order valence-electron chi connectivity index (χ4n) is 3.15. The fourth-order valence-corrected chi connectivity index (χ4v) is 3.24. The lowest BCUT2D eigenvalue weighted by Gasteiger charge is -2.13. The van der Waals surface area contributed by atoms with E-state index in [1.165, 1.54) is 16.7 Å². The summed E-state index contributed by atoms with van der Waals surface area (Å²) in [4.78, 5) is 9.30. The highest BCUT2D eigenvalue weighted by atomic mass is 35.5. The quantitative estimate of drug-likeness (QED) is 0.726. The molecule has 0 unspecified atom stereocenters. The Morgan fingerprint density at radius 1 is 1.09 bits per heavy atom. The van der Waals surface area contributed by atoms with Crippen molar-refractivity contribution in [3.05, 3.63) is 46.9 Å². The zero-order chi connectivity index (χ0) is 16.6. The lowest BCUT2D eigenvalue weighted by Crippen LogP contribution is -2.05. The molecule has 0 bridgehead atoms. The van der Waals surface area contributed by atoms with Crippen LogP contribution >= 0.6 is 11.6 Å². The summed E-state index contributed by atoms with van der Waals surface area (Å²) in [5.41, 5.74) is 8.55. The third-order valence-electron chi connectivity index (χ3n) is 3.92. The number of alkyl halides is 1. The molecule has 0 fully saturated rings. The van der Waals surface area contributed by atoms with Crippen LogP contribution in [-0.2, 0) is 0 Å². The molecule has 2 aromatic heterocycles. The first-order valence-corrected chi connectivity index (χ1v) is 8.27. The van der Waals surface area contributed by atoms with Gasteiger partial charge in [-0.15, -0.1) is 11.6 Å². The SMILES string of the molecule is Cc1cc(C)c(-n2cnc3c(NCCCl)cc(C)nc32)c(C)c1. The first-order chi connectivity index (χ1) is 11.0. The van der Waals surface area contributed by atoms with Gasteiger partial charge in [0, 0.05) is 18.1 Å². The van der Waals surface area contributed by atoms with Gasteiger partial charge in [0.15, 0.2) is 5.65 Å². The van der Waals surface area contributed by atoms with E-state index in [9.17, 15) is 0 Å². The molecule has 0 aliphatic rings. The molecule has 1 aromatic carbocycles. The minimum absolute atomic E-state index is 0.555. The van der Waals surface area contributed by atoms with Crippen molar-refractivity contribution in [2.75, 3.05) is 17.7 Å². The van der Waals surface area contributed by atoms with Gasteiger partial charge >= 0.3 is 0 Å². The molecule has 0 aliphatic heterocycles. The van der Waals surface area contributed by atoms with Gasteiger partial charge in [-0.05, 0) is 44.9 Å². The first-order valence-electron chi connectivity index (χ1n) is 7.74. The van der Waals surface area contributed by atoms with Crippen LogP contribution < -0.4 is 5.32 Å². The van der Waals surface area contributed by atoms with Gasteiger partial charge in [0.2, 0.25) is 0 Å². The molecule has 0 spiro atoms. The number of pyridine rings is 1. The number of hydrogen-bond acceptors (Lipinski definition) is 3. The van der Waals surface area contributed by atoms with E-state index in [1.807, 2.05) is 19.3 Å². The van der Waals surface area contributed by atoms with E-state index in [4.69, 9.17) is 16.6 Å². The van der Waals surface area contributed by atoms with Crippen LogP contribution in [-0.4, -0.2) is 27.0 Å². The molecule has 0 aliphatic carbocycles. The zero-order valence-electron chi connectivity index (χ0n) is 13.9. The monoisotopic (exact) mass is 328 g/mol. The number of nitrogens with zero attached hydrogens (tertiary/aromatic N) is 3. The lowest BCUT2D eigenvalue weighted by molar-refractivity contribution is 1.02. The predicted octanol–water partition coefficient (Wildman–Crippen LogP) is 4.30. The maximum atomic E-state index is 5.80. The van der Waals surface area contributed by atoms with Crippen LogP contribution in [0, 0.1) is 27.7 Å². The number of nitrogens with one attached hydrogen (secondary N) is 1. The summed E-state index contributed by atoms with van der Waals surface area (Å²) in [6.45, 7) is 9.08. The largest absolute Gasteiger partial charge is 0.382 e. The molecule has 5 heteroatoms. The summed E-state index contributed by atoms with van der Waals surface area (Å²) in [5.74, 6) is 0.555. The number of halogens is 1. The molecule has 0 atom stereocenters. The average Bonchev–Trinajstić information content (AvgIpc) is 2.87. The molecule has 3 rings (SSSR count). The van der Waals surface area contributed by atoms with Crippen LogP contribution in [0.2, 0.25) is 0 Å². The molecule has 120 valence electrons. The molecule has 1 N–H and O–H groups in total. The second-order valence-corrected chi connectivity index (χ2v) is 6.34.